The highest BCUT2D eigenvalue weighted by Gasteiger charge is 2.22. The third-order valence-electron chi connectivity index (χ3n) is 4.78. The molecule has 0 aromatic heterocycles. The second-order valence-corrected chi connectivity index (χ2v) is 7.29. The van der Waals surface area contributed by atoms with Crippen LogP contribution in [0.1, 0.15) is 28.8 Å². The number of hydrogen-bond acceptors (Lipinski definition) is 5. The summed E-state index contributed by atoms with van der Waals surface area (Å²) < 4.78 is 0. The Morgan fingerprint density at radius 2 is 1.83 bits per heavy atom. The van der Waals surface area contributed by atoms with Crippen molar-refractivity contribution in [1.82, 2.24) is 4.90 Å². The number of likely N-dealkylation sites (tertiary alicyclic amines) is 1. The molecule has 0 atom stereocenters. The number of nitro benzene ring substituents is 1. The fraction of sp³-hybridized carbons (Fsp3) is 0.300. The molecule has 8 nitrogen and oxygen atoms in total. The Morgan fingerprint density at radius 3 is 2.45 bits per heavy atom. The lowest BCUT2D eigenvalue weighted by Gasteiger charge is -2.29. The minimum atomic E-state index is -0.644. The number of nitrogens with zero attached hydrogens (tertiary/aromatic N) is 2. The summed E-state index contributed by atoms with van der Waals surface area (Å²) in [7, 11) is 0. The Balaban J connectivity index is 1.64. The van der Waals surface area contributed by atoms with Gasteiger partial charge in [0.15, 0.2) is 0 Å². The first kappa shape index (κ1) is 20.8. The second-order valence-electron chi connectivity index (χ2n) is 6.86. The molecule has 0 radical (unpaired) electrons. The molecule has 152 valence electrons. The molecule has 0 saturated carbocycles. The van der Waals surface area contributed by atoms with E-state index in [2.05, 4.69) is 5.32 Å². The van der Waals surface area contributed by atoms with Crippen LogP contribution in [0.2, 0.25) is 5.02 Å². The van der Waals surface area contributed by atoms with Crippen LogP contribution in [0.25, 0.3) is 0 Å². The molecule has 9 heteroatoms. The van der Waals surface area contributed by atoms with Crippen LogP contribution < -0.4 is 5.32 Å². The molecule has 3 rings (SSSR count). The highest BCUT2D eigenvalue weighted by Crippen LogP contribution is 2.24. The zero-order valence-corrected chi connectivity index (χ0v) is 16.3. The summed E-state index contributed by atoms with van der Waals surface area (Å²) in [6, 6.07) is 10.5. The molecule has 2 aromatic carbocycles. The van der Waals surface area contributed by atoms with E-state index in [1.165, 1.54) is 18.2 Å². The summed E-state index contributed by atoms with van der Waals surface area (Å²) in [5.74, 6) is -0.655. The van der Waals surface area contributed by atoms with Gasteiger partial charge in [0.05, 0.1) is 17.4 Å². The van der Waals surface area contributed by atoms with Gasteiger partial charge in [0.2, 0.25) is 5.91 Å². The summed E-state index contributed by atoms with van der Waals surface area (Å²) >= 11 is 5.86. The number of piperidine rings is 1. The van der Waals surface area contributed by atoms with Gasteiger partial charge in [-0.15, -0.1) is 0 Å². The average Bonchev–Trinajstić information content (AvgIpc) is 2.69. The van der Waals surface area contributed by atoms with Crippen molar-refractivity contribution in [3.05, 3.63) is 68.7 Å². The number of carbonyl (C=O) groups excluding carboxylic acids is 2. The quantitative estimate of drug-likeness (QED) is 0.573. The van der Waals surface area contributed by atoms with Gasteiger partial charge in [-0.3, -0.25) is 19.7 Å². The number of hydrogen-bond donors (Lipinski definition) is 2. The number of aliphatic hydroxyl groups is 1. The summed E-state index contributed by atoms with van der Waals surface area (Å²) in [4.78, 5) is 37.0. The van der Waals surface area contributed by atoms with Gasteiger partial charge in [0, 0.05) is 29.9 Å². The number of amides is 2. The van der Waals surface area contributed by atoms with Crippen LogP contribution >= 0.6 is 11.6 Å². The predicted octanol–water partition coefficient (Wildman–Crippen LogP) is 3.03. The Morgan fingerprint density at radius 1 is 1.17 bits per heavy atom. The molecule has 1 aliphatic heterocycles. The molecule has 0 unspecified atom stereocenters. The zero-order chi connectivity index (χ0) is 21.0. The lowest BCUT2D eigenvalue weighted by Crippen LogP contribution is -2.40. The molecule has 1 aliphatic rings. The molecule has 2 amide bonds. The highest BCUT2D eigenvalue weighted by molar-refractivity contribution is 6.31. The number of nitrogens with one attached hydrogen (secondary N) is 1. The van der Waals surface area contributed by atoms with Crippen molar-refractivity contribution in [2.24, 2.45) is 0 Å². The zero-order valence-electron chi connectivity index (χ0n) is 15.5. The number of aliphatic hydroxyl groups excluding tert-OH is 1. The number of carbonyl (C=O) groups is 2. The molecule has 1 saturated heterocycles. The van der Waals surface area contributed by atoms with Crippen molar-refractivity contribution in [3.63, 3.8) is 0 Å². The Labute approximate surface area is 172 Å². The maximum atomic E-state index is 12.4. The molecule has 0 bridgehead atoms. The van der Waals surface area contributed by atoms with Crippen molar-refractivity contribution in [3.8, 4) is 0 Å². The van der Waals surface area contributed by atoms with E-state index in [1.54, 1.807) is 29.2 Å². The first-order valence-corrected chi connectivity index (χ1v) is 9.51. The van der Waals surface area contributed by atoms with E-state index in [0.717, 1.165) is 5.56 Å². The number of benzene rings is 2. The van der Waals surface area contributed by atoms with Gasteiger partial charge >= 0.3 is 0 Å². The van der Waals surface area contributed by atoms with Crippen molar-refractivity contribution in [2.75, 3.05) is 18.4 Å². The molecule has 0 aliphatic carbocycles. The van der Waals surface area contributed by atoms with Crippen LogP contribution in [-0.4, -0.2) is 45.9 Å². The van der Waals surface area contributed by atoms with Gasteiger partial charge in [-0.25, -0.2) is 0 Å². The second kappa shape index (κ2) is 9.02. The third-order valence-corrected chi connectivity index (χ3v) is 5.02. The molecule has 1 heterocycles. The van der Waals surface area contributed by atoms with E-state index in [-0.39, 0.29) is 34.7 Å². The number of anilines is 1. The monoisotopic (exact) mass is 417 g/mol. The van der Waals surface area contributed by atoms with Gasteiger partial charge in [-0.05, 0) is 42.7 Å². The van der Waals surface area contributed by atoms with Crippen molar-refractivity contribution in [2.45, 2.75) is 25.4 Å². The minimum Gasteiger partial charge on any atom is -0.393 e. The number of halogens is 1. The van der Waals surface area contributed by atoms with Crippen molar-refractivity contribution >= 4 is 34.8 Å². The number of nitro groups is 1. The first-order chi connectivity index (χ1) is 13.8. The first-order valence-electron chi connectivity index (χ1n) is 9.13. The van der Waals surface area contributed by atoms with Gasteiger partial charge in [-0.2, -0.15) is 0 Å². The van der Waals surface area contributed by atoms with Crippen LogP contribution in [0, 0.1) is 10.1 Å². The largest absolute Gasteiger partial charge is 0.393 e. The SMILES string of the molecule is O=C(Nc1ccc(CC(=O)N2CCC(O)CC2)cc1)c1cc(Cl)ccc1[N+](=O)[O-]. The van der Waals surface area contributed by atoms with E-state index in [1.807, 2.05) is 0 Å². The molecular formula is C20H20ClN3O5. The van der Waals surface area contributed by atoms with E-state index in [4.69, 9.17) is 11.6 Å². The summed E-state index contributed by atoms with van der Waals surface area (Å²) in [6.07, 6.45) is 1.07. The average molecular weight is 418 g/mol. The van der Waals surface area contributed by atoms with Crippen molar-refractivity contribution < 1.29 is 19.6 Å². The van der Waals surface area contributed by atoms with E-state index in [0.29, 0.717) is 31.6 Å². The van der Waals surface area contributed by atoms with Crippen LogP contribution in [0.15, 0.2) is 42.5 Å². The molecule has 2 aromatic rings. The minimum absolute atomic E-state index is 0.0109. The molecule has 2 N–H and O–H groups in total. The number of rotatable bonds is 5. The van der Waals surface area contributed by atoms with E-state index in [9.17, 15) is 24.8 Å². The molecule has 29 heavy (non-hydrogen) atoms. The topological polar surface area (TPSA) is 113 Å². The van der Waals surface area contributed by atoms with E-state index >= 15 is 0 Å². The third kappa shape index (κ3) is 5.30. The van der Waals surface area contributed by atoms with Gasteiger partial charge in [-0.1, -0.05) is 23.7 Å². The van der Waals surface area contributed by atoms with Crippen LogP contribution in [0.5, 0.6) is 0 Å². The summed E-state index contributed by atoms with van der Waals surface area (Å²) in [5, 5.41) is 23.5. The lowest BCUT2D eigenvalue weighted by molar-refractivity contribution is -0.385. The highest BCUT2D eigenvalue weighted by atomic mass is 35.5. The van der Waals surface area contributed by atoms with Gasteiger partial charge < -0.3 is 15.3 Å². The Hall–Kier alpha value is -2.97. The summed E-state index contributed by atoms with van der Waals surface area (Å²) in [5.41, 5.74) is 0.768. The van der Waals surface area contributed by atoms with Crippen LogP contribution in [0.4, 0.5) is 11.4 Å². The molecular weight excluding hydrogens is 398 g/mol. The van der Waals surface area contributed by atoms with Crippen molar-refractivity contribution in [1.29, 1.82) is 0 Å². The maximum Gasteiger partial charge on any atom is 0.282 e. The van der Waals surface area contributed by atoms with Gasteiger partial charge in [0.25, 0.3) is 11.6 Å². The fourth-order valence-electron chi connectivity index (χ4n) is 3.16. The predicted molar refractivity (Wildman–Crippen MR) is 108 cm³/mol. The van der Waals surface area contributed by atoms with Crippen LogP contribution in [0.3, 0.4) is 0 Å². The smallest absolute Gasteiger partial charge is 0.282 e. The molecule has 1 fully saturated rings. The summed E-state index contributed by atoms with van der Waals surface area (Å²) in [6.45, 7) is 1.10. The normalized spacial score (nSPS) is 14.5. The lowest BCUT2D eigenvalue weighted by atomic mass is 10.1. The maximum absolute atomic E-state index is 12.4. The standard InChI is InChI=1S/C20H20ClN3O5/c21-14-3-6-18(24(28)29)17(12-14)20(27)22-15-4-1-13(2-5-15)11-19(26)23-9-7-16(25)8-10-23/h1-6,12,16,25H,7-11H2,(H,22,27). The fourth-order valence-corrected chi connectivity index (χ4v) is 3.33. The molecule has 0 spiro atoms. The van der Waals surface area contributed by atoms with Crippen LogP contribution in [-0.2, 0) is 11.2 Å². The van der Waals surface area contributed by atoms with Gasteiger partial charge in [0.1, 0.15) is 5.56 Å². The van der Waals surface area contributed by atoms with E-state index < -0.39 is 10.8 Å². The Bertz CT molecular complexity index is 924. The Kier molecular flexibility index (Phi) is 6.46.